The molecule has 0 aliphatic heterocycles. The van der Waals surface area contributed by atoms with Crippen molar-refractivity contribution in [1.82, 2.24) is 14.9 Å². The molecule has 1 amide bonds. The molecule has 3 aromatic rings. The minimum absolute atomic E-state index is 0.215. The van der Waals surface area contributed by atoms with Gasteiger partial charge in [-0.15, -0.1) is 0 Å². The van der Waals surface area contributed by atoms with Gasteiger partial charge >= 0.3 is 0 Å². The second kappa shape index (κ2) is 9.08. The fraction of sp³-hybridized carbons (Fsp3) is 0.273. The van der Waals surface area contributed by atoms with Crippen molar-refractivity contribution in [3.63, 3.8) is 0 Å². The summed E-state index contributed by atoms with van der Waals surface area (Å²) < 4.78 is 13.2. The zero-order valence-electron chi connectivity index (χ0n) is 16.2. The molecule has 1 heterocycles. The monoisotopic (exact) mass is 379 g/mol. The summed E-state index contributed by atoms with van der Waals surface area (Å²) in [6, 6.07) is 15.3. The summed E-state index contributed by atoms with van der Waals surface area (Å²) in [5.41, 5.74) is 1.95. The van der Waals surface area contributed by atoms with Gasteiger partial charge in [0.15, 0.2) is 0 Å². The normalized spacial score (nSPS) is 11.8. The highest BCUT2D eigenvalue weighted by atomic mass is 16.5. The molecule has 28 heavy (non-hydrogen) atoms. The van der Waals surface area contributed by atoms with Crippen molar-refractivity contribution >= 4 is 16.9 Å². The lowest BCUT2D eigenvalue weighted by Gasteiger charge is -2.16. The largest absolute Gasteiger partial charge is 0.497 e. The molecule has 1 aromatic heterocycles. The van der Waals surface area contributed by atoms with Gasteiger partial charge in [-0.3, -0.25) is 4.79 Å². The number of nitrogens with zero attached hydrogens (tertiary/aromatic N) is 2. The van der Waals surface area contributed by atoms with Crippen molar-refractivity contribution in [2.45, 2.75) is 25.9 Å². The number of benzene rings is 2. The molecule has 0 saturated carbocycles. The number of aryl methyl sites for hydroxylation is 1. The van der Waals surface area contributed by atoms with Crippen molar-refractivity contribution < 1.29 is 14.3 Å². The highest BCUT2D eigenvalue weighted by Gasteiger charge is 2.17. The Morgan fingerprint density at radius 3 is 2.82 bits per heavy atom. The molecule has 146 valence electrons. The number of rotatable bonds is 9. The Kier molecular flexibility index (Phi) is 6.32. The standard InChI is InChI=1S/C22H25N3O3/c1-4-21(26)23-16(2)22-24-19-11-5-6-12-20(19)25(22)13-8-14-28-18-10-7-9-17(15-18)27-3/h4-7,9-12,15-16H,1,8,13-14H2,2-3H3,(H,23,26). The Hall–Kier alpha value is -3.28. The molecule has 0 saturated heterocycles. The van der Waals surface area contributed by atoms with E-state index >= 15 is 0 Å². The van der Waals surface area contributed by atoms with Crippen molar-refractivity contribution in [2.24, 2.45) is 0 Å². The minimum Gasteiger partial charge on any atom is -0.497 e. The number of ether oxygens (including phenoxy) is 2. The first-order valence-electron chi connectivity index (χ1n) is 9.27. The van der Waals surface area contributed by atoms with Crippen LogP contribution in [-0.2, 0) is 11.3 Å². The van der Waals surface area contributed by atoms with Crippen molar-refractivity contribution in [3.8, 4) is 11.5 Å². The minimum atomic E-state index is -0.225. The van der Waals surface area contributed by atoms with E-state index in [-0.39, 0.29) is 11.9 Å². The molecule has 0 bridgehead atoms. The Balaban J connectivity index is 1.71. The Bertz CT molecular complexity index is 965. The van der Waals surface area contributed by atoms with E-state index in [1.54, 1.807) is 7.11 Å². The third-order valence-electron chi connectivity index (χ3n) is 4.45. The third kappa shape index (κ3) is 4.52. The van der Waals surface area contributed by atoms with Crippen LogP contribution in [0.25, 0.3) is 11.0 Å². The molecule has 0 fully saturated rings. The lowest BCUT2D eigenvalue weighted by molar-refractivity contribution is -0.117. The van der Waals surface area contributed by atoms with E-state index in [4.69, 9.17) is 14.5 Å². The average molecular weight is 379 g/mol. The maximum absolute atomic E-state index is 11.7. The van der Waals surface area contributed by atoms with E-state index in [0.717, 1.165) is 41.3 Å². The number of aromatic nitrogens is 2. The predicted molar refractivity (Wildman–Crippen MR) is 110 cm³/mol. The number of amides is 1. The van der Waals surface area contributed by atoms with Crippen LogP contribution in [0.3, 0.4) is 0 Å². The van der Waals surface area contributed by atoms with Crippen LogP contribution < -0.4 is 14.8 Å². The third-order valence-corrected chi connectivity index (χ3v) is 4.45. The summed E-state index contributed by atoms with van der Waals surface area (Å²) >= 11 is 0. The molecule has 6 heteroatoms. The van der Waals surface area contributed by atoms with Gasteiger partial charge in [-0.25, -0.2) is 4.98 Å². The molecule has 0 aliphatic rings. The molecular formula is C22H25N3O3. The average Bonchev–Trinajstić information content (AvgIpc) is 3.10. The fourth-order valence-corrected chi connectivity index (χ4v) is 3.10. The van der Waals surface area contributed by atoms with Crippen molar-refractivity contribution in [3.05, 3.63) is 67.0 Å². The van der Waals surface area contributed by atoms with E-state index in [9.17, 15) is 4.79 Å². The van der Waals surface area contributed by atoms with Crippen molar-refractivity contribution in [1.29, 1.82) is 0 Å². The van der Waals surface area contributed by atoms with Gasteiger partial charge in [-0.1, -0.05) is 24.8 Å². The number of imidazole rings is 1. The maximum atomic E-state index is 11.7. The number of para-hydroxylation sites is 2. The number of carbonyl (C=O) groups is 1. The van der Waals surface area contributed by atoms with Gasteiger partial charge in [0.1, 0.15) is 17.3 Å². The Morgan fingerprint density at radius 2 is 2.04 bits per heavy atom. The molecule has 1 unspecified atom stereocenters. The van der Waals surface area contributed by atoms with Gasteiger partial charge < -0.3 is 19.4 Å². The lowest BCUT2D eigenvalue weighted by atomic mass is 10.3. The van der Waals surface area contributed by atoms with E-state index in [0.29, 0.717) is 6.61 Å². The summed E-state index contributed by atoms with van der Waals surface area (Å²) in [6.07, 6.45) is 2.07. The summed E-state index contributed by atoms with van der Waals surface area (Å²) in [4.78, 5) is 16.4. The smallest absolute Gasteiger partial charge is 0.243 e. The number of fused-ring (bicyclic) bond motifs is 1. The van der Waals surface area contributed by atoms with Gasteiger partial charge in [0, 0.05) is 12.6 Å². The van der Waals surface area contributed by atoms with Gasteiger partial charge in [0.05, 0.1) is 30.8 Å². The molecule has 1 N–H and O–H groups in total. The lowest BCUT2D eigenvalue weighted by Crippen LogP contribution is -2.27. The summed E-state index contributed by atoms with van der Waals surface area (Å²) in [5, 5.41) is 2.89. The summed E-state index contributed by atoms with van der Waals surface area (Å²) in [7, 11) is 1.64. The number of hydrogen-bond acceptors (Lipinski definition) is 4. The first-order chi connectivity index (χ1) is 13.6. The number of carbonyl (C=O) groups excluding carboxylic acids is 1. The van der Waals surface area contributed by atoms with Crippen LogP contribution in [0, 0.1) is 0 Å². The summed E-state index contributed by atoms with van der Waals surface area (Å²) in [5.74, 6) is 2.15. The molecule has 0 spiro atoms. The molecule has 1 atom stereocenters. The van der Waals surface area contributed by atoms with Crippen molar-refractivity contribution in [2.75, 3.05) is 13.7 Å². The molecule has 6 nitrogen and oxygen atoms in total. The van der Waals surface area contributed by atoms with Gasteiger partial charge in [0.2, 0.25) is 5.91 Å². The van der Waals surface area contributed by atoms with Crippen LogP contribution in [0.2, 0.25) is 0 Å². The van der Waals surface area contributed by atoms with Crippen LogP contribution >= 0.6 is 0 Å². The summed E-state index contributed by atoms with van der Waals surface area (Å²) in [6.45, 7) is 6.72. The van der Waals surface area contributed by atoms with E-state index < -0.39 is 0 Å². The van der Waals surface area contributed by atoms with Gasteiger partial charge in [-0.05, 0) is 43.7 Å². The SMILES string of the molecule is C=CC(=O)NC(C)c1nc2ccccc2n1CCCOc1cccc(OC)c1. The van der Waals surface area contributed by atoms with Crippen LogP contribution in [0.5, 0.6) is 11.5 Å². The number of nitrogens with one attached hydrogen (secondary N) is 1. The number of methoxy groups -OCH3 is 1. The van der Waals surface area contributed by atoms with Gasteiger partial charge in [-0.2, -0.15) is 0 Å². The van der Waals surface area contributed by atoms with E-state index in [2.05, 4.69) is 16.5 Å². The zero-order valence-corrected chi connectivity index (χ0v) is 16.2. The first-order valence-corrected chi connectivity index (χ1v) is 9.27. The first kappa shape index (κ1) is 19.5. The molecular weight excluding hydrogens is 354 g/mol. The Morgan fingerprint density at radius 1 is 1.25 bits per heavy atom. The molecule has 0 aliphatic carbocycles. The van der Waals surface area contributed by atoms with E-state index in [1.165, 1.54) is 6.08 Å². The van der Waals surface area contributed by atoms with Crippen LogP contribution in [-0.4, -0.2) is 29.2 Å². The highest BCUT2D eigenvalue weighted by Crippen LogP contribution is 2.22. The van der Waals surface area contributed by atoms with E-state index in [1.807, 2.05) is 55.5 Å². The molecule has 3 rings (SSSR count). The fourth-order valence-electron chi connectivity index (χ4n) is 3.10. The molecule has 0 radical (unpaired) electrons. The second-order valence-electron chi connectivity index (χ2n) is 6.43. The number of hydrogen-bond donors (Lipinski definition) is 1. The van der Waals surface area contributed by atoms with Crippen LogP contribution in [0.1, 0.15) is 25.2 Å². The van der Waals surface area contributed by atoms with Crippen LogP contribution in [0.15, 0.2) is 61.2 Å². The Labute approximate surface area is 164 Å². The predicted octanol–water partition coefficient (Wildman–Crippen LogP) is 3.88. The topological polar surface area (TPSA) is 65.4 Å². The highest BCUT2D eigenvalue weighted by molar-refractivity contribution is 5.87. The zero-order chi connectivity index (χ0) is 19.9. The second-order valence-corrected chi connectivity index (χ2v) is 6.43. The quantitative estimate of drug-likeness (QED) is 0.453. The maximum Gasteiger partial charge on any atom is 0.243 e. The van der Waals surface area contributed by atoms with Crippen LogP contribution in [0.4, 0.5) is 0 Å². The molecule has 2 aromatic carbocycles. The van der Waals surface area contributed by atoms with Gasteiger partial charge in [0.25, 0.3) is 0 Å².